The second-order valence-corrected chi connectivity index (χ2v) is 9.97. The van der Waals surface area contributed by atoms with Gasteiger partial charge in [0.25, 0.3) is 5.91 Å². The highest BCUT2D eigenvalue weighted by molar-refractivity contribution is 6.10. The Labute approximate surface area is 223 Å². The van der Waals surface area contributed by atoms with Gasteiger partial charge in [0.2, 0.25) is 0 Å². The van der Waals surface area contributed by atoms with Crippen LogP contribution in [0.5, 0.6) is 0 Å². The number of hydrogen-bond donors (Lipinski definition) is 3. The van der Waals surface area contributed by atoms with E-state index in [-0.39, 0.29) is 29.8 Å². The molecule has 2 aliphatic rings. The van der Waals surface area contributed by atoms with E-state index in [0.717, 1.165) is 40.2 Å². The number of pyridine rings is 1. The lowest BCUT2D eigenvalue weighted by atomic mass is 10.0. The summed E-state index contributed by atoms with van der Waals surface area (Å²) in [7, 11) is 1.83. The summed E-state index contributed by atoms with van der Waals surface area (Å²) in [6.45, 7) is 2.11. The fourth-order valence-corrected chi connectivity index (χ4v) is 4.90. The summed E-state index contributed by atoms with van der Waals surface area (Å²) in [6, 6.07) is 7.43. The molecule has 9 nitrogen and oxygen atoms in total. The summed E-state index contributed by atoms with van der Waals surface area (Å²) in [5, 5.41) is 19.2. The topological polar surface area (TPSA) is 114 Å². The summed E-state index contributed by atoms with van der Waals surface area (Å²) < 4.78 is 40.7. The van der Waals surface area contributed by atoms with E-state index in [2.05, 4.69) is 15.3 Å². The minimum atomic E-state index is -4.44. The molecular weight excluding hydrogens is 509 g/mol. The summed E-state index contributed by atoms with van der Waals surface area (Å²) in [4.78, 5) is 25.0. The van der Waals surface area contributed by atoms with Crippen LogP contribution in [0.2, 0.25) is 0 Å². The van der Waals surface area contributed by atoms with Gasteiger partial charge in [-0.1, -0.05) is 6.07 Å². The van der Waals surface area contributed by atoms with E-state index in [0.29, 0.717) is 24.4 Å². The number of rotatable bonds is 9. The predicted octanol–water partition coefficient (Wildman–Crippen LogP) is 4.60. The van der Waals surface area contributed by atoms with Crippen LogP contribution in [0.1, 0.15) is 65.0 Å². The van der Waals surface area contributed by atoms with Gasteiger partial charge >= 0.3 is 6.18 Å². The Balaban J connectivity index is 1.43. The number of benzene rings is 1. The van der Waals surface area contributed by atoms with Gasteiger partial charge in [-0.2, -0.15) is 13.2 Å². The fourth-order valence-electron chi connectivity index (χ4n) is 4.90. The van der Waals surface area contributed by atoms with E-state index in [9.17, 15) is 18.0 Å². The van der Waals surface area contributed by atoms with Gasteiger partial charge < -0.3 is 14.8 Å². The lowest BCUT2D eigenvalue weighted by Crippen LogP contribution is -2.40. The molecule has 3 heterocycles. The van der Waals surface area contributed by atoms with Crippen LogP contribution in [0.15, 0.2) is 42.9 Å². The first-order chi connectivity index (χ1) is 18.6. The summed E-state index contributed by atoms with van der Waals surface area (Å²) in [5.41, 5.74) is 4.31. The number of amidine groups is 1. The lowest BCUT2D eigenvalue weighted by Gasteiger charge is -2.27. The minimum absolute atomic E-state index is 0.0657. The van der Waals surface area contributed by atoms with Crippen molar-refractivity contribution in [1.29, 1.82) is 10.8 Å². The van der Waals surface area contributed by atoms with Gasteiger partial charge in [0, 0.05) is 36.0 Å². The second kappa shape index (κ2) is 10.3. The Morgan fingerprint density at radius 3 is 2.74 bits per heavy atom. The zero-order chi connectivity index (χ0) is 27.9. The van der Waals surface area contributed by atoms with E-state index < -0.39 is 18.6 Å². The standard InChI is InChI=1S/C27H29F3N8O/c1-16(10-27(28,29)30)38(14-31)25(32)22-4-3-5-24(35-22)37-12-21-18(11-33-2)8-19(9-20(21)26(37)39)36-13-23(34-15-36)17-6-7-17/h3-5,8-9,13-17,31-33H,6-7,10-12H2,1-2H3. The number of carbonyl (C=O) groups excluding carboxylic acids is 1. The van der Waals surface area contributed by atoms with Crippen LogP contribution in [0.4, 0.5) is 19.0 Å². The highest BCUT2D eigenvalue weighted by Gasteiger charge is 2.35. The highest BCUT2D eigenvalue weighted by Crippen LogP contribution is 2.39. The van der Waals surface area contributed by atoms with E-state index >= 15 is 0 Å². The molecule has 0 saturated heterocycles. The van der Waals surface area contributed by atoms with E-state index in [1.165, 1.54) is 17.9 Å². The summed E-state index contributed by atoms with van der Waals surface area (Å²) >= 11 is 0. The number of alkyl halides is 3. The molecule has 1 aliphatic carbocycles. The zero-order valence-electron chi connectivity index (χ0n) is 21.6. The van der Waals surface area contributed by atoms with Crippen LogP contribution in [-0.2, 0) is 13.1 Å². The number of fused-ring (bicyclic) bond motifs is 1. The molecule has 1 saturated carbocycles. The first-order valence-electron chi connectivity index (χ1n) is 12.7. The average molecular weight is 539 g/mol. The number of amides is 1. The second-order valence-electron chi connectivity index (χ2n) is 9.97. The minimum Gasteiger partial charge on any atom is -0.316 e. The van der Waals surface area contributed by atoms with Crippen molar-refractivity contribution in [2.24, 2.45) is 0 Å². The highest BCUT2D eigenvalue weighted by atomic mass is 19.4. The molecule has 39 heavy (non-hydrogen) atoms. The molecule has 12 heteroatoms. The van der Waals surface area contributed by atoms with E-state index in [1.807, 2.05) is 29.9 Å². The number of hydrogen-bond acceptors (Lipinski definition) is 6. The van der Waals surface area contributed by atoms with E-state index in [4.69, 9.17) is 10.8 Å². The van der Waals surface area contributed by atoms with Crippen LogP contribution >= 0.6 is 0 Å². The number of aromatic nitrogens is 3. The SMILES string of the molecule is CNCc1cc(-n2cnc(C3CC3)c2)cc2c1CN(c1cccc(C(=N)N(C=N)C(C)CC(F)(F)F)n1)C2=O. The molecule has 5 rings (SSSR count). The Hall–Kier alpha value is -4.06. The Morgan fingerprint density at radius 2 is 2.08 bits per heavy atom. The van der Waals surface area contributed by atoms with Gasteiger partial charge in [-0.25, -0.2) is 9.97 Å². The van der Waals surface area contributed by atoms with Crippen molar-refractivity contribution in [3.63, 3.8) is 0 Å². The van der Waals surface area contributed by atoms with Crippen LogP contribution < -0.4 is 10.2 Å². The Bertz CT molecular complexity index is 1430. The number of halogens is 3. The largest absolute Gasteiger partial charge is 0.391 e. The van der Waals surface area contributed by atoms with Crippen LogP contribution in [0.3, 0.4) is 0 Å². The van der Waals surface area contributed by atoms with Crippen molar-refractivity contribution < 1.29 is 18.0 Å². The monoisotopic (exact) mass is 538 g/mol. The van der Waals surface area contributed by atoms with Gasteiger partial charge in [0.1, 0.15) is 11.5 Å². The molecule has 1 amide bonds. The van der Waals surface area contributed by atoms with Gasteiger partial charge in [-0.3, -0.25) is 20.5 Å². The van der Waals surface area contributed by atoms with E-state index in [1.54, 1.807) is 18.5 Å². The molecule has 1 aromatic carbocycles. The van der Waals surface area contributed by atoms with Crippen molar-refractivity contribution >= 4 is 23.9 Å². The number of imidazole rings is 1. The third-order valence-corrected chi connectivity index (χ3v) is 7.03. The van der Waals surface area contributed by atoms with Gasteiger partial charge in [-0.05, 0) is 62.2 Å². The molecule has 0 bridgehead atoms. The Morgan fingerprint density at radius 1 is 1.31 bits per heavy atom. The molecular formula is C27H29F3N8O. The molecule has 1 aliphatic heterocycles. The molecule has 3 aromatic rings. The fraction of sp³-hybridized carbons (Fsp3) is 0.370. The molecule has 3 N–H and O–H groups in total. The molecule has 1 fully saturated rings. The van der Waals surface area contributed by atoms with Crippen LogP contribution in [-0.4, -0.2) is 56.8 Å². The molecule has 1 atom stereocenters. The maximum absolute atomic E-state index is 13.6. The average Bonchev–Trinajstić information content (AvgIpc) is 3.52. The third kappa shape index (κ3) is 5.42. The lowest BCUT2D eigenvalue weighted by molar-refractivity contribution is -0.141. The Kier molecular flexibility index (Phi) is 6.98. The third-order valence-electron chi connectivity index (χ3n) is 7.03. The van der Waals surface area contributed by atoms with Gasteiger partial charge in [0.15, 0.2) is 5.84 Å². The van der Waals surface area contributed by atoms with Gasteiger partial charge in [-0.15, -0.1) is 0 Å². The number of anilines is 1. The smallest absolute Gasteiger partial charge is 0.316 e. The molecule has 0 spiro atoms. The first-order valence-corrected chi connectivity index (χ1v) is 12.7. The van der Waals surface area contributed by atoms with Crippen LogP contribution in [0.25, 0.3) is 5.69 Å². The van der Waals surface area contributed by atoms with Crippen molar-refractivity contribution in [3.8, 4) is 5.69 Å². The summed E-state index contributed by atoms with van der Waals surface area (Å²) in [6.07, 6.45) is 1.13. The van der Waals surface area contributed by atoms with Crippen molar-refractivity contribution in [2.75, 3.05) is 11.9 Å². The van der Waals surface area contributed by atoms with Crippen molar-refractivity contribution in [2.45, 2.75) is 57.4 Å². The molecule has 204 valence electrons. The first kappa shape index (κ1) is 26.5. The van der Waals surface area contributed by atoms with Crippen molar-refractivity contribution in [3.05, 3.63) is 70.9 Å². The number of nitrogens with one attached hydrogen (secondary N) is 3. The normalized spacial score (nSPS) is 15.8. The quantitative estimate of drug-likeness (QED) is 0.272. The molecule has 1 unspecified atom stereocenters. The molecule has 0 radical (unpaired) electrons. The predicted molar refractivity (Wildman–Crippen MR) is 141 cm³/mol. The maximum atomic E-state index is 13.6. The number of nitrogens with zero attached hydrogens (tertiary/aromatic N) is 5. The number of carbonyl (C=O) groups is 1. The van der Waals surface area contributed by atoms with Crippen LogP contribution in [0, 0.1) is 10.8 Å². The zero-order valence-corrected chi connectivity index (χ0v) is 21.6. The summed E-state index contributed by atoms with van der Waals surface area (Å²) in [5.74, 6) is 0.184. The molecule has 2 aromatic heterocycles. The maximum Gasteiger partial charge on any atom is 0.391 e. The van der Waals surface area contributed by atoms with Gasteiger partial charge in [0.05, 0.1) is 31.3 Å². The van der Waals surface area contributed by atoms with Crippen molar-refractivity contribution in [1.82, 2.24) is 24.8 Å².